The average Bonchev–Trinajstić information content (AvgIpc) is 3.30. The van der Waals surface area contributed by atoms with Gasteiger partial charge in [0, 0.05) is 11.9 Å². The number of nitrogens with one attached hydrogen (secondary N) is 1. The van der Waals surface area contributed by atoms with Crippen LogP contribution in [0.15, 0.2) is 46.9 Å². The number of carbonyl (C=O) groups excluding carboxylic acids is 1. The molecule has 3 aromatic rings. The van der Waals surface area contributed by atoms with E-state index in [-0.39, 0.29) is 23.5 Å². The van der Waals surface area contributed by atoms with Gasteiger partial charge >= 0.3 is 0 Å². The molecule has 2 aromatic carbocycles. The van der Waals surface area contributed by atoms with Crippen molar-refractivity contribution < 1.29 is 18.7 Å². The highest BCUT2D eigenvalue weighted by atomic mass is 19.1. The van der Waals surface area contributed by atoms with Crippen molar-refractivity contribution in [3.63, 3.8) is 0 Å². The Morgan fingerprint density at radius 3 is 2.64 bits per heavy atom. The summed E-state index contributed by atoms with van der Waals surface area (Å²) in [4.78, 5) is 15.2. The number of carbonyl (C=O) groups is 1. The number of fused-ring (bicyclic) bond motifs is 1. The van der Waals surface area contributed by atoms with Crippen LogP contribution in [0.25, 0.3) is 11.0 Å². The SMILES string of the molecule is Cc1oc2ccc(O)cc2c1C(=O)NCC(c1ccc(F)cc1)N1CCCC1. The van der Waals surface area contributed by atoms with Crippen LogP contribution in [0.4, 0.5) is 4.39 Å². The number of benzene rings is 2. The van der Waals surface area contributed by atoms with Gasteiger partial charge in [-0.3, -0.25) is 9.69 Å². The first kappa shape index (κ1) is 18.5. The van der Waals surface area contributed by atoms with Crippen LogP contribution in [0.3, 0.4) is 0 Å². The molecule has 1 aliphatic heterocycles. The summed E-state index contributed by atoms with van der Waals surface area (Å²) in [5.41, 5.74) is 1.98. The molecule has 2 heterocycles. The molecule has 1 amide bonds. The zero-order valence-corrected chi connectivity index (χ0v) is 15.7. The molecule has 28 heavy (non-hydrogen) atoms. The molecule has 0 aliphatic carbocycles. The van der Waals surface area contributed by atoms with Crippen molar-refractivity contribution in [3.8, 4) is 5.75 Å². The van der Waals surface area contributed by atoms with E-state index in [9.17, 15) is 14.3 Å². The minimum Gasteiger partial charge on any atom is -0.508 e. The molecule has 0 saturated carbocycles. The Morgan fingerprint density at radius 1 is 1.21 bits per heavy atom. The van der Waals surface area contributed by atoms with E-state index in [2.05, 4.69) is 10.2 Å². The maximum absolute atomic E-state index is 13.3. The second-order valence-corrected chi connectivity index (χ2v) is 7.23. The van der Waals surface area contributed by atoms with Gasteiger partial charge in [-0.25, -0.2) is 4.39 Å². The molecule has 0 bridgehead atoms. The fraction of sp³-hybridized carbons (Fsp3) is 0.318. The van der Waals surface area contributed by atoms with Crippen LogP contribution in [0.2, 0.25) is 0 Å². The quantitative estimate of drug-likeness (QED) is 0.696. The van der Waals surface area contributed by atoms with Crippen LogP contribution in [0.1, 0.15) is 40.6 Å². The monoisotopic (exact) mass is 382 g/mol. The first-order valence-electron chi connectivity index (χ1n) is 9.53. The molecule has 6 heteroatoms. The van der Waals surface area contributed by atoms with Gasteiger partial charge in [-0.2, -0.15) is 0 Å². The summed E-state index contributed by atoms with van der Waals surface area (Å²) in [5.74, 6) is 0.0858. The van der Waals surface area contributed by atoms with E-state index in [0.29, 0.717) is 28.8 Å². The van der Waals surface area contributed by atoms with E-state index >= 15 is 0 Å². The third kappa shape index (κ3) is 3.60. The van der Waals surface area contributed by atoms with Crippen LogP contribution in [0.5, 0.6) is 5.75 Å². The molecule has 1 aliphatic rings. The predicted molar refractivity (Wildman–Crippen MR) is 105 cm³/mol. The molecular weight excluding hydrogens is 359 g/mol. The van der Waals surface area contributed by atoms with Gasteiger partial charge in [-0.05, 0) is 68.8 Å². The largest absolute Gasteiger partial charge is 0.508 e. The Hall–Kier alpha value is -2.86. The molecular formula is C22H23FN2O3. The molecule has 1 fully saturated rings. The van der Waals surface area contributed by atoms with Gasteiger partial charge in [-0.15, -0.1) is 0 Å². The number of phenols is 1. The number of rotatable bonds is 5. The molecule has 4 rings (SSSR count). The topological polar surface area (TPSA) is 65.7 Å². The summed E-state index contributed by atoms with van der Waals surface area (Å²) in [6, 6.07) is 11.2. The Bertz CT molecular complexity index is 991. The van der Waals surface area contributed by atoms with Gasteiger partial charge in [0.05, 0.1) is 11.6 Å². The maximum atomic E-state index is 13.3. The van der Waals surface area contributed by atoms with Crippen molar-refractivity contribution >= 4 is 16.9 Å². The highest BCUT2D eigenvalue weighted by Crippen LogP contribution is 2.29. The van der Waals surface area contributed by atoms with E-state index < -0.39 is 0 Å². The number of furan rings is 1. The zero-order valence-electron chi connectivity index (χ0n) is 15.7. The smallest absolute Gasteiger partial charge is 0.255 e. The minimum atomic E-state index is -0.270. The zero-order chi connectivity index (χ0) is 19.7. The summed E-state index contributed by atoms with van der Waals surface area (Å²) in [6.07, 6.45) is 2.24. The molecule has 1 aromatic heterocycles. The van der Waals surface area contributed by atoms with Crippen molar-refractivity contribution in [1.29, 1.82) is 0 Å². The van der Waals surface area contributed by atoms with Crippen LogP contribution in [0, 0.1) is 12.7 Å². The Balaban J connectivity index is 1.57. The van der Waals surface area contributed by atoms with Crippen LogP contribution in [-0.4, -0.2) is 35.5 Å². The van der Waals surface area contributed by atoms with Crippen LogP contribution < -0.4 is 5.32 Å². The van der Waals surface area contributed by atoms with Crippen molar-refractivity contribution in [1.82, 2.24) is 10.2 Å². The molecule has 1 saturated heterocycles. The third-order valence-corrected chi connectivity index (χ3v) is 5.37. The number of phenolic OH excluding ortho intramolecular Hbond substituents is 1. The van der Waals surface area contributed by atoms with E-state index in [0.717, 1.165) is 31.5 Å². The number of amides is 1. The highest BCUT2D eigenvalue weighted by Gasteiger charge is 2.25. The van der Waals surface area contributed by atoms with E-state index in [1.165, 1.54) is 18.2 Å². The maximum Gasteiger partial charge on any atom is 0.255 e. The minimum absolute atomic E-state index is 0.0149. The third-order valence-electron chi connectivity index (χ3n) is 5.37. The molecule has 146 valence electrons. The molecule has 1 atom stereocenters. The van der Waals surface area contributed by atoms with Crippen LogP contribution >= 0.6 is 0 Å². The average molecular weight is 382 g/mol. The van der Waals surface area contributed by atoms with Gasteiger partial charge in [0.1, 0.15) is 22.9 Å². The lowest BCUT2D eigenvalue weighted by atomic mass is 10.0. The standard InChI is InChI=1S/C22H23FN2O3/c1-14-21(18-12-17(26)8-9-20(18)28-14)22(27)24-13-19(25-10-2-3-11-25)15-4-6-16(23)7-5-15/h4-9,12,19,26H,2-3,10-11,13H2,1H3,(H,24,27). The fourth-order valence-electron chi connectivity index (χ4n) is 3.96. The van der Waals surface area contributed by atoms with E-state index in [1.54, 1.807) is 31.2 Å². The number of aromatic hydroxyl groups is 1. The molecule has 0 spiro atoms. The second-order valence-electron chi connectivity index (χ2n) is 7.23. The Kier molecular flexibility index (Phi) is 5.05. The van der Waals surface area contributed by atoms with Crippen molar-refractivity contribution in [2.24, 2.45) is 0 Å². The van der Waals surface area contributed by atoms with Crippen molar-refractivity contribution in [2.45, 2.75) is 25.8 Å². The van der Waals surface area contributed by atoms with Gasteiger partial charge in [0.25, 0.3) is 5.91 Å². The van der Waals surface area contributed by atoms with Crippen LogP contribution in [-0.2, 0) is 0 Å². The van der Waals surface area contributed by atoms with Gasteiger partial charge in [0.2, 0.25) is 0 Å². The summed E-state index contributed by atoms with van der Waals surface area (Å²) in [6.45, 7) is 4.07. The summed E-state index contributed by atoms with van der Waals surface area (Å²) >= 11 is 0. The first-order chi connectivity index (χ1) is 13.5. The number of hydrogen-bond acceptors (Lipinski definition) is 4. The number of hydrogen-bond donors (Lipinski definition) is 2. The summed E-state index contributed by atoms with van der Waals surface area (Å²) < 4.78 is 19.0. The number of nitrogens with zero attached hydrogens (tertiary/aromatic N) is 1. The predicted octanol–water partition coefficient (Wildman–Crippen LogP) is 4.15. The molecule has 0 radical (unpaired) electrons. The summed E-state index contributed by atoms with van der Waals surface area (Å²) in [7, 11) is 0. The number of halogens is 1. The molecule has 1 unspecified atom stereocenters. The molecule has 5 nitrogen and oxygen atoms in total. The summed E-state index contributed by atoms with van der Waals surface area (Å²) in [5, 5.41) is 13.4. The highest BCUT2D eigenvalue weighted by molar-refractivity contribution is 6.07. The van der Waals surface area contributed by atoms with Gasteiger partial charge < -0.3 is 14.8 Å². The Labute approximate surface area is 162 Å². The van der Waals surface area contributed by atoms with E-state index in [4.69, 9.17) is 4.42 Å². The number of likely N-dealkylation sites (tertiary alicyclic amines) is 1. The molecule has 2 N–H and O–H groups in total. The lowest BCUT2D eigenvalue weighted by Crippen LogP contribution is -2.37. The lowest BCUT2D eigenvalue weighted by Gasteiger charge is -2.28. The van der Waals surface area contributed by atoms with Gasteiger partial charge in [-0.1, -0.05) is 12.1 Å². The van der Waals surface area contributed by atoms with E-state index in [1.807, 2.05) is 0 Å². The first-order valence-corrected chi connectivity index (χ1v) is 9.53. The van der Waals surface area contributed by atoms with Crippen molar-refractivity contribution in [3.05, 3.63) is 65.2 Å². The number of aryl methyl sites for hydroxylation is 1. The van der Waals surface area contributed by atoms with Gasteiger partial charge in [0.15, 0.2) is 0 Å². The normalized spacial score (nSPS) is 15.8. The Morgan fingerprint density at radius 2 is 1.93 bits per heavy atom. The lowest BCUT2D eigenvalue weighted by molar-refractivity contribution is 0.0938. The van der Waals surface area contributed by atoms with Crippen molar-refractivity contribution in [2.75, 3.05) is 19.6 Å². The second kappa shape index (κ2) is 7.64. The fourth-order valence-corrected chi connectivity index (χ4v) is 3.96.